The zero-order valence-electron chi connectivity index (χ0n) is 14.7. The van der Waals surface area contributed by atoms with E-state index in [1.54, 1.807) is 11.8 Å². The predicted molar refractivity (Wildman–Crippen MR) is 102 cm³/mol. The van der Waals surface area contributed by atoms with E-state index in [0.29, 0.717) is 12.7 Å². The fourth-order valence-electron chi connectivity index (χ4n) is 3.43. The van der Waals surface area contributed by atoms with Crippen molar-refractivity contribution in [3.8, 4) is 5.75 Å². The molecule has 1 aromatic carbocycles. The van der Waals surface area contributed by atoms with Gasteiger partial charge in [0.1, 0.15) is 10.8 Å². The molecule has 0 spiro atoms. The van der Waals surface area contributed by atoms with Gasteiger partial charge < -0.3 is 14.4 Å². The van der Waals surface area contributed by atoms with Crippen molar-refractivity contribution >= 4 is 27.8 Å². The van der Waals surface area contributed by atoms with E-state index >= 15 is 0 Å². The maximum atomic E-state index is 5.81. The smallest absolute Gasteiger partial charge is 0.165 e. The number of hydrogen-bond acceptors (Lipinski definition) is 5. The van der Waals surface area contributed by atoms with Crippen LogP contribution in [0.3, 0.4) is 0 Å². The summed E-state index contributed by atoms with van der Waals surface area (Å²) in [5, 5.41) is 3.21. The van der Waals surface area contributed by atoms with Crippen molar-refractivity contribution < 1.29 is 9.47 Å². The Morgan fingerprint density at radius 1 is 1.40 bits per heavy atom. The Kier molecular flexibility index (Phi) is 4.81. The summed E-state index contributed by atoms with van der Waals surface area (Å²) in [7, 11) is 1.85. The average molecular weight is 357 g/mol. The number of rotatable bonds is 4. The van der Waals surface area contributed by atoms with Crippen LogP contribution in [-0.2, 0) is 11.3 Å². The molecule has 6 heteroatoms. The number of nitrogens with zero attached hydrogens (tertiary/aromatic N) is 3. The van der Waals surface area contributed by atoms with Gasteiger partial charge in [-0.2, -0.15) is 0 Å². The maximum absolute atomic E-state index is 5.81. The number of amidine groups is 1. The molecule has 1 atom stereocenters. The van der Waals surface area contributed by atoms with E-state index in [-0.39, 0.29) is 0 Å². The molecule has 0 N–H and O–H groups in total. The lowest BCUT2D eigenvalue weighted by molar-refractivity contribution is 0.0903. The zero-order valence-corrected chi connectivity index (χ0v) is 15.5. The van der Waals surface area contributed by atoms with Crippen LogP contribution >= 0.6 is 11.8 Å². The van der Waals surface area contributed by atoms with E-state index in [0.717, 1.165) is 59.4 Å². The summed E-state index contributed by atoms with van der Waals surface area (Å²) < 4.78 is 11.4. The third-order valence-corrected chi connectivity index (χ3v) is 5.77. The Bertz CT molecular complexity index is 803. The monoisotopic (exact) mass is 357 g/mol. The molecule has 0 unspecified atom stereocenters. The van der Waals surface area contributed by atoms with Gasteiger partial charge in [-0.3, -0.25) is 4.99 Å². The molecule has 2 aliphatic rings. The van der Waals surface area contributed by atoms with Gasteiger partial charge in [0.2, 0.25) is 0 Å². The molecule has 2 aliphatic heterocycles. The molecule has 0 aliphatic carbocycles. The normalized spacial score (nSPS) is 21.8. The van der Waals surface area contributed by atoms with Crippen LogP contribution in [0.25, 0.3) is 10.9 Å². The molecule has 1 saturated heterocycles. The minimum atomic E-state index is 0.317. The Morgan fingerprint density at radius 3 is 3.08 bits per heavy atom. The molecule has 0 saturated carbocycles. The van der Waals surface area contributed by atoms with Gasteiger partial charge in [0.25, 0.3) is 0 Å². The second kappa shape index (κ2) is 7.22. The quantitative estimate of drug-likeness (QED) is 0.835. The van der Waals surface area contributed by atoms with Crippen molar-refractivity contribution in [2.75, 3.05) is 26.8 Å². The Balaban J connectivity index is 1.64. The van der Waals surface area contributed by atoms with Gasteiger partial charge >= 0.3 is 0 Å². The molecule has 3 heterocycles. The van der Waals surface area contributed by atoms with Crippen molar-refractivity contribution in [1.82, 2.24) is 9.88 Å². The lowest BCUT2D eigenvalue weighted by atomic mass is 10.1. The summed E-state index contributed by atoms with van der Waals surface area (Å²) in [6.45, 7) is 5.28. The van der Waals surface area contributed by atoms with Crippen molar-refractivity contribution in [3.05, 3.63) is 29.8 Å². The van der Waals surface area contributed by atoms with Crippen molar-refractivity contribution in [3.63, 3.8) is 0 Å². The highest BCUT2D eigenvalue weighted by atomic mass is 32.2. The van der Waals surface area contributed by atoms with Gasteiger partial charge in [-0.15, -0.1) is 0 Å². The standard InChI is InChI=1S/C19H23N3O2S/c1-3-23-15-6-7-17-13(10-15)9-14-11-22(12-16-5-4-8-24-16)19(20-2)25-18(14)21-17/h6-7,9-10,16H,3-5,8,11-12H2,1-2H3/t16-/m1/s1. The highest BCUT2D eigenvalue weighted by Gasteiger charge is 2.27. The SMILES string of the molecule is CCOc1ccc2nc3c(cc2c1)CN(C[C@H]1CCCO1)C(=NC)S3. The number of thioether (sulfide) groups is 1. The van der Waals surface area contributed by atoms with E-state index < -0.39 is 0 Å². The molecule has 5 nitrogen and oxygen atoms in total. The number of benzene rings is 1. The molecular formula is C19H23N3O2S. The van der Waals surface area contributed by atoms with Crippen LogP contribution in [0.4, 0.5) is 0 Å². The largest absolute Gasteiger partial charge is 0.494 e. The summed E-state index contributed by atoms with van der Waals surface area (Å²) in [6.07, 6.45) is 2.61. The molecular weight excluding hydrogens is 334 g/mol. The Hall–Kier alpha value is -1.79. The van der Waals surface area contributed by atoms with Crippen LogP contribution in [0.15, 0.2) is 34.3 Å². The summed E-state index contributed by atoms with van der Waals surface area (Å²) in [5.41, 5.74) is 2.24. The highest BCUT2D eigenvalue weighted by molar-refractivity contribution is 8.13. The predicted octanol–water partition coefficient (Wildman–Crippen LogP) is 3.71. The summed E-state index contributed by atoms with van der Waals surface area (Å²) in [6, 6.07) is 8.33. The van der Waals surface area contributed by atoms with Crippen LogP contribution in [-0.4, -0.2) is 48.0 Å². The number of fused-ring (bicyclic) bond motifs is 2. The second-order valence-corrected chi connectivity index (χ2v) is 7.32. The summed E-state index contributed by atoms with van der Waals surface area (Å²) in [4.78, 5) is 11.7. The van der Waals surface area contributed by atoms with E-state index in [9.17, 15) is 0 Å². The van der Waals surface area contributed by atoms with E-state index in [1.807, 2.05) is 26.1 Å². The van der Waals surface area contributed by atoms with Crippen molar-refractivity contribution in [1.29, 1.82) is 0 Å². The highest BCUT2D eigenvalue weighted by Crippen LogP contribution is 2.34. The van der Waals surface area contributed by atoms with Crippen molar-refractivity contribution in [2.24, 2.45) is 4.99 Å². The lowest BCUT2D eigenvalue weighted by Gasteiger charge is -2.32. The molecule has 0 radical (unpaired) electrons. The van der Waals surface area contributed by atoms with Crippen LogP contribution in [0, 0.1) is 0 Å². The molecule has 0 amide bonds. The first-order chi connectivity index (χ1) is 12.3. The van der Waals surface area contributed by atoms with Gasteiger partial charge in [-0.1, -0.05) is 0 Å². The van der Waals surface area contributed by atoms with Gasteiger partial charge in [-0.25, -0.2) is 4.98 Å². The molecule has 25 heavy (non-hydrogen) atoms. The first kappa shape index (κ1) is 16.7. The Labute approximate surface area is 152 Å². The summed E-state index contributed by atoms with van der Waals surface area (Å²) in [5.74, 6) is 0.896. The third kappa shape index (κ3) is 3.46. The number of ether oxygens (including phenoxy) is 2. The van der Waals surface area contributed by atoms with Crippen LogP contribution in [0.2, 0.25) is 0 Å². The van der Waals surface area contributed by atoms with Gasteiger partial charge in [-0.05, 0) is 55.8 Å². The molecule has 1 aromatic heterocycles. The van der Waals surface area contributed by atoms with Gasteiger partial charge in [0.05, 0.1) is 18.2 Å². The summed E-state index contributed by atoms with van der Waals surface area (Å²) >= 11 is 1.66. The fraction of sp³-hybridized carbons (Fsp3) is 0.474. The van der Waals surface area contributed by atoms with E-state index in [1.165, 1.54) is 5.56 Å². The average Bonchev–Trinajstić information content (AvgIpc) is 3.13. The molecule has 1 fully saturated rings. The van der Waals surface area contributed by atoms with Crippen LogP contribution in [0.1, 0.15) is 25.3 Å². The number of aromatic nitrogens is 1. The number of pyridine rings is 1. The zero-order chi connectivity index (χ0) is 17.2. The van der Waals surface area contributed by atoms with Crippen LogP contribution < -0.4 is 4.74 Å². The van der Waals surface area contributed by atoms with Gasteiger partial charge in [0, 0.05) is 37.7 Å². The molecule has 4 rings (SSSR count). The fourth-order valence-corrected chi connectivity index (χ4v) is 4.36. The minimum absolute atomic E-state index is 0.317. The number of hydrogen-bond donors (Lipinski definition) is 0. The second-order valence-electron chi connectivity index (χ2n) is 6.36. The molecule has 132 valence electrons. The van der Waals surface area contributed by atoms with Crippen molar-refractivity contribution in [2.45, 2.75) is 37.4 Å². The maximum Gasteiger partial charge on any atom is 0.165 e. The van der Waals surface area contributed by atoms with Crippen LogP contribution in [0.5, 0.6) is 5.75 Å². The third-order valence-electron chi connectivity index (χ3n) is 4.60. The molecule has 0 bridgehead atoms. The number of aliphatic imine (C=N–C) groups is 1. The van der Waals surface area contributed by atoms with E-state index in [2.05, 4.69) is 22.0 Å². The Morgan fingerprint density at radius 2 is 2.32 bits per heavy atom. The first-order valence-electron chi connectivity index (χ1n) is 8.84. The molecule has 2 aromatic rings. The van der Waals surface area contributed by atoms with E-state index in [4.69, 9.17) is 14.5 Å². The minimum Gasteiger partial charge on any atom is -0.494 e. The first-order valence-corrected chi connectivity index (χ1v) is 9.66. The lowest BCUT2D eigenvalue weighted by Crippen LogP contribution is -2.37. The topological polar surface area (TPSA) is 47.0 Å². The van der Waals surface area contributed by atoms with Gasteiger partial charge in [0.15, 0.2) is 5.17 Å².